The van der Waals surface area contributed by atoms with Crippen LogP contribution < -0.4 is 0 Å². The molecule has 0 radical (unpaired) electrons. The van der Waals surface area contributed by atoms with Gasteiger partial charge in [-0.1, -0.05) is 11.6 Å². The summed E-state index contributed by atoms with van der Waals surface area (Å²) in [6.07, 6.45) is 0.863. The first kappa shape index (κ1) is 6.66. The molecule has 0 bridgehead atoms. The summed E-state index contributed by atoms with van der Waals surface area (Å²) in [6.45, 7) is 2.48. The Bertz CT molecular complexity index is 92.4. The number of alkyl halides is 2. The second kappa shape index (κ2) is 2.05. The maximum atomic E-state index is 5.76. The summed E-state index contributed by atoms with van der Waals surface area (Å²) in [7, 11) is 0. The first-order valence-electron chi connectivity index (χ1n) is 2.60. The third-order valence-electron chi connectivity index (χ3n) is 1.32. The second-order valence-electron chi connectivity index (χ2n) is 2.09. The Morgan fingerprint density at radius 1 is 1.75 bits per heavy atom. The molecule has 3 heteroatoms. The highest BCUT2D eigenvalue weighted by Gasteiger charge is 2.36. The summed E-state index contributed by atoms with van der Waals surface area (Å²) in [5.41, 5.74) is 0. The first-order valence-corrected chi connectivity index (χ1v) is 3.41. The van der Waals surface area contributed by atoms with Crippen LogP contribution in [0.5, 0.6) is 0 Å². The molecule has 0 aliphatic carbocycles. The Morgan fingerprint density at radius 3 is 2.50 bits per heavy atom. The molecule has 1 nitrogen and oxygen atoms in total. The minimum absolute atomic E-state index is 0.0239. The van der Waals surface area contributed by atoms with E-state index in [-0.39, 0.29) is 5.38 Å². The van der Waals surface area contributed by atoms with Crippen LogP contribution in [-0.2, 0) is 4.74 Å². The van der Waals surface area contributed by atoms with Crippen molar-refractivity contribution in [3.8, 4) is 0 Å². The predicted molar refractivity (Wildman–Crippen MR) is 34.5 cm³/mol. The van der Waals surface area contributed by atoms with Gasteiger partial charge in [-0.2, -0.15) is 0 Å². The molecule has 0 aromatic carbocycles. The van der Waals surface area contributed by atoms with E-state index in [4.69, 9.17) is 27.9 Å². The van der Waals surface area contributed by atoms with E-state index in [0.717, 1.165) is 6.42 Å². The number of rotatable bonds is 0. The van der Waals surface area contributed by atoms with E-state index in [1.54, 1.807) is 6.92 Å². The predicted octanol–water partition coefficient (Wildman–Crippen LogP) is 1.97. The molecule has 0 aromatic heterocycles. The Hall–Kier alpha value is 0.540. The molecule has 0 saturated carbocycles. The van der Waals surface area contributed by atoms with E-state index in [1.807, 2.05) is 0 Å². The van der Waals surface area contributed by atoms with Crippen molar-refractivity contribution in [2.45, 2.75) is 23.8 Å². The SMILES string of the molecule is C[C@@]1(Cl)OCC[C@@H]1Cl. The Balaban J connectivity index is 2.54. The minimum atomic E-state index is -0.610. The third-order valence-corrected chi connectivity index (χ3v) is 2.43. The van der Waals surface area contributed by atoms with E-state index < -0.39 is 5.06 Å². The number of ether oxygens (including phenoxy) is 1. The van der Waals surface area contributed by atoms with Crippen LogP contribution in [0, 0.1) is 0 Å². The van der Waals surface area contributed by atoms with Crippen LogP contribution in [0.2, 0.25) is 0 Å². The molecule has 1 saturated heterocycles. The fourth-order valence-electron chi connectivity index (χ4n) is 0.710. The first-order chi connectivity index (χ1) is 3.63. The molecular formula is C5H8Cl2O. The maximum Gasteiger partial charge on any atom is 0.155 e. The van der Waals surface area contributed by atoms with E-state index in [1.165, 1.54) is 0 Å². The maximum absolute atomic E-state index is 5.76. The van der Waals surface area contributed by atoms with Crippen LogP contribution in [0.4, 0.5) is 0 Å². The zero-order chi connectivity index (χ0) is 6.20. The fourth-order valence-corrected chi connectivity index (χ4v) is 1.05. The smallest absolute Gasteiger partial charge is 0.155 e. The third kappa shape index (κ3) is 1.09. The van der Waals surface area contributed by atoms with Gasteiger partial charge in [0, 0.05) is 0 Å². The largest absolute Gasteiger partial charge is 0.358 e. The summed E-state index contributed by atoms with van der Waals surface area (Å²) in [4.78, 5) is 0. The van der Waals surface area contributed by atoms with Gasteiger partial charge in [0.2, 0.25) is 0 Å². The molecule has 0 N–H and O–H groups in total. The van der Waals surface area contributed by atoms with Crippen molar-refractivity contribution in [1.29, 1.82) is 0 Å². The van der Waals surface area contributed by atoms with E-state index >= 15 is 0 Å². The molecule has 0 unspecified atom stereocenters. The van der Waals surface area contributed by atoms with Crippen molar-refractivity contribution >= 4 is 23.2 Å². The highest BCUT2D eigenvalue weighted by molar-refractivity contribution is 6.31. The monoisotopic (exact) mass is 154 g/mol. The molecule has 2 atom stereocenters. The van der Waals surface area contributed by atoms with E-state index in [2.05, 4.69) is 0 Å². The Morgan fingerprint density at radius 2 is 2.38 bits per heavy atom. The lowest BCUT2D eigenvalue weighted by Crippen LogP contribution is -2.23. The molecule has 1 rings (SSSR count). The molecule has 48 valence electrons. The molecule has 1 heterocycles. The van der Waals surface area contributed by atoms with Gasteiger partial charge in [0.15, 0.2) is 5.06 Å². The van der Waals surface area contributed by atoms with Crippen LogP contribution >= 0.6 is 23.2 Å². The molecule has 0 aromatic rings. The Labute approximate surface area is 58.9 Å². The van der Waals surface area contributed by atoms with Gasteiger partial charge in [0.1, 0.15) is 0 Å². The average molecular weight is 155 g/mol. The minimum Gasteiger partial charge on any atom is -0.358 e. The highest BCUT2D eigenvalue weighted by Crippen LogP contribution is 2.33. The van der Waals surface area contributed by atoms with Crippen LogP contribution in [0.25, 0.3) is 0 Å². The molecule has 0 amide bonds. The van der Waals surface area contributed by atoms with Gasteiger partial charge in [-0.15, -0.1) is 11.6 Å². The molecule has 0 spiro atoms. The van der Waals surface area contributed by atoms with E-state index in [9.17, 15) is 0 Å². The molecule has 8 heavy (non-hydrogen) atoms. The van der Waals surface area contributed by atoms with Crippen LogP contribution in [0.15, 0.2) is 0 Å². The quantitative estimate of drug-likeness (QED) is 0.486. The van der Waals surface area contributed by atoms with E-state index in [0.29, 0.717) is 6.61 Å². The van der Waals surface area contributed by atoms with Gasteiger partial charge in [-0.25, -0.2) is 0 Å². The van der Waals surface area contributed by atoms with Gasteiger partial charge in [0.25, 0.3) is 0 Å². The molecule has 1 fully saturated rings. The van der Waals surface area contributed by atoms with Crippen molar-refractivity contribution in [2.75, 3.05) is 6.61 Å². The average Bonchev–Trinajstić information content (AvgIpc) is 1.86. The van der Waals surface area contributed by atoms with Crippen LogP contribution in [0.1, 0.15) is 13.3 Å². The molecule has 1 aliphatic rings. The topological polar surface area (TPSA) is 9.23 Å². The summed E-state index contributed by atoms with van der Waals surface area (Å²) in [5, 5.41) is -0.633. The standard InChI is InChI=1S/C5H8Cl2O/c1-5(7)4(6)2-3-8-5/h4H,2-3H2,1H3/t4-,5+/m0/s1. The second-order valence-corrected chi connectivity index (χ2v) is 3.37. The lowest BCUT2D eigenvalue weighted by molar-refractivity contribution is 0.0919. The zero-order valence-corrected chi connectivity index (χ0v) is 6.17. The number of hydrogen-bond donors (Lipinski definition) is 0. The summed E-state index contributed by atoms with van der Waals surface area (Å²) in [6, 6.07) is 0. The lowest BCUT2D eigenvalue weighted by Gasteiger charge is -2.16. The van der Waals surface area contributed by atoms with Gasteiger partial charge in [-0.3, -0.25) is 0 Å². The summed E-state index contributed by atoms with van der Waals surface area (Å²) >= 11 is 11.5. The normalized spacial score (nSPS) is 47.6. The highest BCUT2D eigenvalue weighted by atomic mass is 35.5. The summed E-state index contributed by atoms with van der Waals surface area (Å²) < 4.78 is 5.09. The number of hydrogen-bond acceptors (Lipinski definition) is 1. The van der Waals surface area contributed by atoms with Crippen molar-refractivity contribution in [2.24, 2.45) is 0 Å². The van der Waals surface area contributed by atoms with Gasteiger partial charge < -0.3 is 4.74 Å². The zero-order valence-electron chi connectivity index (χ0n) is 4.66. The van der Waals surface area contributed by atoms with Gasteiger partial charge >= 0.3 is 0 Å². The number of halogens is 2. The molecule has 1 aliphatic heterocycles. The lowest BCUT2D eigenvalue weighted by atomic mass is 10.2. The van der Waals surface area contributed by atoms with Gasteiger partial charge in [-0.05, 0) is 13.3 Å². The Kier molecular flexibility index (Phi) is 1.71. The van der Waals surface area contributed by atoms with Crippen molar-refractivity contribution in [1.82, 2.24) is 0 Å². The van der Waals surface area contributed by atoms with Gasteiger partial charge in [0.05, 0.1) is 12.0 Å². The van der Waals surface area contributed by atoms with Crippen molar-refractivity contribution < 1.29 is 4.74 Å². The fraction of sp³-hybridized carbons (Fsp3) is 1.00. The van der Waals surface area contributed by atoms with Crippen molar-refractivity contribution in [3.05, 3.63) is 0 Å². The van der Waals surface area contributed by atoms with Crippen molar-refractivity contribution in [3.63, 3.8) is 0 Å². The van der Waals surface area contributed by atoms with Crippen LogP contribution in [0.3, 0.4) is 0 Å². The van der Waals surface area contributed by atoms with Crippen LogP contribution in [-0.4, -0.2) is 17.0 Å². The summed E-state index contributed by atoms with van der Waals surface area (Å²) in [5.74, 6) is 0. The molecular weight excluding hydrogens is 147 g/mol.